The van der Waals surface area contributed by atoms with Gasteiger partial charge in [0.15, 0.2) is 0 Å². The Labute approximate surface area is 90.1 Å². The number of unbranched alkanes of at least 4 members (excludes halogenated alkanes) is 1. The molecule has 0 spiro atoms. The third-order valence-electron chi connectivity index (χ3n) is 1.98. The zero-order valence-corrected chi connectivity index (χ0v) is 10.6. The highest BCUT2D eigenvalue weighted by Gasteiger charge is 2.18. The molecular formula is C12H29NO. The Morgan fingerprint density at radius 2 is 1.50 bits per heavy atom. The number of nitrogens with one attached hydrogen (secondary N) is 1. The minimum absolute atomic E-state index is 0.0972. The monoisotopic (exact) mass is 203 g/mol. The summed E-state index contributed by atoms with van der Waals surface area (Å²) in [5.74, 6) is 0.458. The van der Waals surface area contributed by atoms with Crippen molar-refractivity contribution in [2.45, 2.75) is 60.0 Å². The van der Waals surface area contributed by atoms with Gasteiger partial charge in [0.05, 0.1) is 6.10 Å². The van der Waals surface area contributed by atoms with Crippen LogP contribution in [0.2, 0.25) is 0 Å². The Morgan fingerprint density at radius 3 is 1.57 bits per heavy atom. The Kier molecular flexibility index (Phi) is 15.1. The second-order valence-corrected chi connectivity index (χ2v) is 3.91. The lowest BCUT2D eigenvalue weighted by atomic mass is 10.1. The molecule has 1 aliphatic rings. The number of rotatable bonds is 1. The van der Waals surface area contributed by atoms with Crippen molar-refractivity contribution in [2.24, 2.45) is 5.92 Å². The Balaban J connectivity index is 0. The minimum atomic E-state index is -0.0972. The predicted octanol–water partition coefficient (Wildman–Crippen LogP) is 2.81. The molecule has 0 aromatic carbocycles. The van der Waals surface area contributed by atoms with Crippen molar-refractivity contribution < 1.29 is 5.11 Å². The van der Waals surface area contributed by atoms with Gasteiger partial charge in [-0.05, 0) is 5.92 Å². The summed E-state index contributed by atoms with van der Waals surface area (Å²) >= 11 is 0. The second kappa shape index (κ2) is 12.9. The van der Waals surface area contributed by atoms with E-state index in [0.717, 1.165) is 13.1 Å². The topological polar surface area (TPSA) is 32.3 Å². The molecule has 0 bridgehead atoms. The molecule has 0 radical (unpaired) electrons. The molecule has 0 amide bonds. The van der Waals surface area contributed by atoms with Crippen LogP contribution in [0.5, 0.6) is 0 Å². The van der Waals surface area contributed by atoms with Crippen molar-refractivity contribution in [3.8, 4) is 0 Å². The highest BCUT2D eigenvalue weighted by molar-refractivity contribution is 4.75. The number of hydrogen-bond acceptors (Lipinski definition) is 2. The van der Waals surface area contributed by atoms with Crippen LogP contribution in [0.4, 0.5) is 0 Å². The Morgan fingerprint density at radius 1 is 1.07 bits per heavy atom. The van der Waals surface area contributed by atoms with Gasteiger partial charge in [-0.1, -0.05) is 53.9 Å². The molecule has 2 heteroatoms. The fourth-order valence-corrected chi connectivity index (χ4v) is 0.796. The molecule has 1 fully saturated rings. The quantitative estimate of drug-likeness (QED) is 0.687. The van der Waals surface area contributed by atoms with Crippen LogP contribution in [0, 0.1) is 5.92 Å². The molecule has 2 nitrogen and oxygen atoms in total. The van der Waals surface area contributed by atoms with Crippen molar-refractivity contribution in [1.82, 2.24) is 5.32 Å². The number of aliphatic hydroxyl groups excluding tert-OH is 1. The fraction of sp³-hybridized carbons (Fsp3) is 1.00. The molecule has 2 N–H and O–H groups in total. The first kappa shape index (κ1) is 16.4. The van der Waals surface area contributed by atoms with Crippen LogP contribution in [-0.2, 0) is 0 Å². The SMILES string of the molecule is CC1CNCC1O.CCC.CCCC. The van der Waals surface area contributed by atoms with E-state index in [4.69, 9.17) is 5.11 Å². The van der Waals surface area contributed by atoms with Gasteiger partial charge < -0.3 is 10.4 Å². The van der Waals surface area contributed by atoms with Crippen molar-refractivity contribution in [3.05, 3.63) is 0 Å². The molecule has 1 aliphatic heterocycles. The average molecular weight is 203 g/mol. The molecule has 1 rings (SSSR count). The third-order valence-corrected chi connectivity index (χ3v) is 1.98. The van der Waals surface area contributed by atoms with Gasteiger partial charge in [0.2, 0.25) is 0 Å². The second-order valence-electron chi connectivity index (χ2n) is 3.91. The number of β-amino-alcohol motifs (C(OH)–C–C–N with tert-alkyl or cyclic N) is 1. The third kappa shape index (κ3) is 11.9. The van der Waals surface area contributed by atoms with Crippen LogP contribution in [-0.4, -0.2) is 24.3 Å². The van der Waals surface area contributed by atoms with E-state index in [9.17, 15) is 0 Å². The first-order valence-electron chi connectivity index (χ1n) is 6.02. The van der Waals surface area contributed by atoms with Gasteiger partial charge in [-0.25, -0.2) is 0 Å². The first-order valence-corrected chi connectivity index (χ1v) is 6.02. The standard InChI is InChI=1S/C5H11NO.C4H10.C3H8/c1-4-2-6-3-5(4)7;1-3-4-2;1-3-2/h4-7H,2-3H2,1H3;3-4H2,1-2H3;3H2,1-2H3. The molecule has 14 heavy (non-hydrogen) atoms. The molecule has 0 aromatic heterocycles. The summed E-state index contributed by atoms with van der Waals surface area (Å²) in [7, 11) is 0. The molecule has 1 saturated heterocycles. The lowest BCUT2D eigenvalue weighted by molar-refractivity contribution is 0.156. The average Bonchev–Trinajstić information content (AvgIpc) is 2.53. The first-order chi connectivity index (χ1) is 6.63. The summed E-state index contributed by atoms with van der Waals surface area (Å²) in [6, 6.07) is 0. The minimum Gasteiger partial charge on any atom is -0.391 e. The maximum atomic E-state index is 8.94. The van der Waals surface area contributed by atoms with E-state index in [1.807, 2.05) is 6.92 Å². The molecular weight excluding hydrogens is 174 g/mol. The van der Waals surface area contributed by atoms with Gasteiger partial charge >= 0.3 is 0 Å². The van der Waals surface area contributed by atoms with Crippen LogP contribution in [0.1, 0.15) is 53.9 Å². The van der Waals surface area contributed by atoms with Crippen molar-refractivity contribution in [1.29, 1.82) is 0 Å². The molecule has 88 valence electrons. The van der Waals surface area contributed by atoms with Crippen LogP contribution in [0.15, 0.2) is 0 Å². The van der Waals surface area contributed by atoms with Gasteiger partial charge in [-0.15, -0.1) is 0 Å². The van der Waals surface area contributed by atoms with E-state index in [1.54, 1.807) is 0 Å². The van der Waals surface area contributed by atoms with Crippen LogP contribution < -0.4 is 5.32 Å². The van der Waals surface area contributed by atoms with E-state index in [2.05, 4.69) is 33.0 Å². The summed E-state index contributed by atoms with van der Waals surface area (Å²) in [5, 5.41) is 12.0. The van der Waals surface area contributed by atoms with Crippen LogP contribution in [0.3, 0.4) is 0 Å². The maximum Gasteiger partial charge on any atom is 0.0702 e. The summed E-state index contributed by atoms with van der Waals surface area (Å²) in [6.07, 6.45) is 3.79. The highest BCUT2D eigenvalue weighted by atomic mass is 16.3. The largest absolute Gasteiger partial charge is 0.391 e. The fourth-order valence-electron chi connectivity index (χ4n) is 0.796. The van der Waals surface area contributed by atoms with Gasteiger partial charge in [-0.2, -0.15) is 0 Å². The predicted molar refractivity (Wildman–Crippen MR) is 64.6 cm³/mol. The lowest BCUT2D eigenvalue weighted by Gasteiger charge is -2.02. The van der Waals surface area contributed by atoms with E-state index in [-0.39, 0.29) is 6.10 Å². The van der Waals surface area contributed by atoms with E-state index >= 15 is 0 Å². The van der Waals surface area contributed by atoms with Gasteiger partial charge in [0.1, 0.15) is 0 Å². The number of aliphatic hydroxyl groups is 1. The molecule has 0 saturated carbocycles. The smallest absolute Gasteiger partial charge is 0.0702 e. The normalized spacial score (nSPS) is 24.4. The molecule has 0 aromatic rings. The van der Waals surface area contributed by atoms with E-state index in [0.29, 0.717) is 5.92 Å². The summed E-state index contributed by atoms with van der Waals surface area (Å²) in [5.41, 5.74) is 0. The van der Waals surface area contributed by atoms with Crippen LogP contribution >= 0.6 is 0 Å². The van der Waals surface area contributed by atoms with Gasteiger partial charge in [-0.3, -0.25) is 0 Å². The number of hydrogen-bond donors (Lipinski definition) is 2. The Hall–Kier alpha value is -0.0800. The molecule has 1 heterocycles. The van der Waals surface area contributed by atoms with E-state index in [1.165, 1.54) is 19.3 Å². The molecule has 0 aliphatic carbocycles. The Bertz CT molecular complexity index is 86.3. The van der Waals surface area contributed by atoms with Crippen molar-refractivity contribution in [3.63, 3.8) is 0 Å². The zero-order valence-electron chi connectivity index (χ0n) is 10.6. The summed E-state index contributed by atoms with van der Waals surface area (Å²) in [6.45, 7) is 12.4. The zero-order chi connectivity index (χ0) is 11.4. The van der Waals surface area contributed by atoms with Crippen molar-refractivity contribution >= 4 is 0 Å². The van der Waals surface area contributed by atoms with Crippen LogP contribution in [0.25, 0.3) is 0 Å². The summed E-state index contributed by atoms with van der Waals surface area (Å²) < 4.78 is 0. The molecule has 2 atom stereocenters. The van der Waals surface area contributed by atoms with Crippen molar-refractivity contribution in [2.75, 3.05) is 13.1 Å². The highest BCUT2D eigenvalue weighted by Crippen LogP contribution is 2.05. The maximum absolute atomic E-state index is 8.94. The molecule has 2 unspecified atom stereocenters. The van der Waals surface area contributed by atoms with Gasteiger partial charge in [0.25, 0.3) is 0 Å². The van der Waals surface area contributed by atoms with Gasteiger partial charge in [0, 0.05) is 13.1 Å². The van der Waals surface area contributed by atoms with E-state index < -0.39 is 0 Å². The lowest BCUT2D eigenvalue weighted by Crippen LogP contribution is -2.14. The summed E-state index contributed by atoms with van der Waals surface area (Å²) in [4.78, 5) is 0.